The van der Waals surface area contributed by atoms with Gasteiger partial charge in [-0.1, -0.05) is 17.3 Å². The van der Waals surface area contributed by atoms with Crippen molar-refractivity contribution in [1.29, 1.82) is 0 Å². The third kappa shape index (κ3) is 1.59. The average molecular weight is 222 g/mol. The topological polar surface area (TPSA) is 43.1 Å². The summed E-state index contributed by atoms with van der Waals surface area (Å²) in [6.07, 6.45) is 0. The van der Waals surface area contributed by atoms with Gasteiger partial charge in [0.25, 0.3) is 0 Å². The van der Waals surface area contributed by atoms with Crippen LogP contribution >= 0.6 is 0 Å². The quantitative estimate of drug-likeness (QED) is 0.626. The number of aromatic nitrogens is 3. The predicted octanol–water partition coefficient (Wildman–Crippen LogP) is 2.75. The van der Waals surface area contributed by atoms with Crippen molar-refractivity contribution in [2.24, 2.45) is 4.99 Å². The van der Waals surface area contributed by atoms with Crippen LogP contribution in [-0.2, 0) is 0 Å². The summed E-state index contributed by atoms with van der Waals surface area (Å²) in [4.78, 5) is 3.86. The summed E-state index contributed by atoms with van der Waals surface area (Å²) in [5.41, 5.74) is 3.69. The highest BCUT2D eigenvalue weighted by Crippen LogP contribution is 2.18. The summed E-state index contributed by atoms with van der Waals surface area (Å²) in [6.45, 7) is 3.49. The van der Waals surface area contributed by atoms with E-state index in [4.69, 9.17) is 0 Å². The minimum atomic E-state index is 0.846. The Labute approximate surface area is 98.2 Å². The zero-order chi connectivity index (χ0) is 11.7. The first kappa shape index (κ1) is 9.72. The molecule has 0 aliphatic heterocycles. The molecule has 17 heavy (non-hydrogen) atoms. The number of rotatable bonds is 2. The fourth-order valence-electron chi connectivity index (χ4n) is 1.76. The zero-order valence-corrected chi connectivity index (χ0v) is 9.11. The molecule has 82 valence electrons. The Kier molecular flexibility index (Phi) is 2.19. The van der Waals surface area contributed by atoms with Gasteiger partial charge in [0, 0.05) is 0 Å². The summed E-state index contributed by atoms with van der Waals surface area (Å²) in [7, 11) is 0. The van der Waals surface area contributed by atoms with Crippen LogP contribution in [0, 0.1) is 0 Å². The Morgan fingerprint density at radius 1 is 1.00 bits per heavy atom. The molecule has 1 heterocycles. The first-order chi connectivity index (χ1) is 8.38. The highest BCUT2D eigenvalue weighted by Gasteiger charge is 2.04. The van der Waals surface area contributed by atoms with Crippen molar-refractivity contribution in [2.75, 3.05) is 0 Å². The molecular weight excluding hydrogens is 212 g/mol. The first-order valence-electron chi connectivity index (χ1n) is 5.26. The number of hydrogen-bond acceptors (Lipinski definition) is 3. The smallest absolute Gasteiger partial charge is 0.113 e. The number of para-hydroxylation sites is 1. The highest BCUT2D eigenvalue weighted by atomic mass is 15.4. The molecule has 0 aliphatic rings. The Morgan fingerprint density at radius 2 is 1.76 bits per heavy atom. The van der Waals surface area contributed by atoms with Crippen LogP contribution < -0.4 is 0 Å². The fourth-order valence-corrected chi connectivity index (χ4v) is 1.76. The van der Waals surface area contributed by atoms with Gasteiger partial charge in [0.1, 0.15) is 5.52 Å². The lowest BCUT2D eigenvalue weighted by molar-refractivity contribution is 0.824. The molecule has 3 rings (SSSR count). The van der Waals surface area contributed by atoms with E-state index in [1.54, 1.807) is 0 Å². The summed E-state index contributed by atoms with van der Waals surface area (Å²) in [5.74, 6) is 0. The van der Waals surface area contributed by atoms with E-state index in [9.17, 15) is 0 Å². The number of hydrogen-bond donors (Lipinski definition) is 0. The maximum atomic E-state index is 4.14. The lowest BCUT2D eigenvalue weighted by atomic mass is 10.2. The van der Waals surface area contributed by atoms with Crippen LogP contribution in [0.4, 0.5) is 5.69 Å². The van der Waals surface area contributed by atoms with Gasteiger partial charge in [0.15, 0.2) is 0 Å². The van der Waals surface area contributed by atoms with Gasteiger partial charge in [-0.2, -0.15) is 0 Å². The molecule has 0 amide bonds. The second kappa shape index (κ2) is 3.83. The van der Waals surface area contributed by atoms with Gasteiger partial charge in [-0.25, -0.2) is 4.68 Å². The van der Waals surface area contributed by atoms with Crippen LogP contribution in [0.3, 0.4) is 0 Å². The lowest BCUT2D eigenvalue weighted by Crippen LogP contribution is -1.95. The standard InChI is InChI=1S/C13H10N4/c1-14-10-6-8-11(9-7-10)17-13-5-3-2-4-12(13)15-16-17/h2-9H,1H2. The SMILES string of the molecule is C=Nc1ccc(-n2nnc3ccccc32)cc1. The molecule has 4 nitrogen and oxygen atoms in total. The van der Waals surface area contributed by atoms with Crippen LogP contribution in [0.25, 0.3) is 16.7 Å². The second-order valence-electron chi connectivity index (χ2n) is 3.66. The monoisotopic (exact) mass is 222 g/mol. The second-order valence-corrected chi connectivity index (χ2v) is 3.66. The summed E-state index contributed by atoms with van der Waals surface area (Å²) >= 11 is 0. The van der Waals surface area contributed by atoms with Crippen molar-refractivity contribution in [3.05, 3.63) is 48.5 Å². The van der Waals surface area contributed by atoms with Crippen LogP contribution in [0.5, 0.6) is 0 Å². The normalized spacial score (nSPS) is 10.6. The number of nitrogens with zero attached hydrogens (tertiary/aromatic N) is 4. The third-order valence-corrected chi connectivity index (χ3v) is 2.63. The van der Waals surface area contributed by atoms with E-state index in [-0.39, 0.29) is 0 Å². The van der Waals surface area contributed by atoms with Crippen LogP contribution in [-0.4, -0.2) is 21.7 Å². The average Bonchev–Trinajstić information content (AvgIpc) is 2.83. The predicted molar refractivity (Wildman–Crippen MR) is 68.1 cm³/mol. The molecule has 0 atom stereocenters. The summed E-state index contributed by atoms with van der Waals surface area (Å²) in [5, 5.41) is 8.26. The van der Waals surface area contributed by atoms with E-state index in [0.717, 1.165) is 22.4 Å². The molecule has 0 bridgehead atoms. The molecule has 1 aromatic heterocycles. The van der Waals surface area contributed by atoms with Crippen LogP contribution in [0.1, 0.15) is 0 Å². The molecule has 2 aromatic carbocycles. The number of aliphatic imine (C=N–C) groups is 1. The first-order valence-corrected chi connectivity index (χ1v) is 5.26. The van der Waals surface area contributed by atoms with Crippen molar-refractivity contribution >= 4 is 23.4 Å². The number of benzene rings is 2. The molecule has 0 spiro atoms. The number of fused-ring (bicyclic) bond motifs is 1. The Morgan fingerprint density at radius 3 is 2.53 bits per heavy atom. The molecule has 4 heteroatoms. The summed E-state index contributed by atoms with van der Waals surface area (Å²) < 4.78 is 1.81. The molecule has 0 radical (unpaired) electrons. The van der Waals surface area contributed by atoms with Gasteiger partial charge < -0.3 is 0 Å². The van der Waals surface area contributed by atoms with E-state index < -0.39 is 0 Å². The van der Waals surface area contributed by atoms with Crippen molar-refractivity contribution in [2.45, 2.75) is 0 Å². The highest BCUT2D eigenvalue weighted by molar-refractivity contribution is 5.75. The maximum absolute atomic E-state index is 4.14. The Balaban J connectivity index is 2.16. The molecular formula is C13H10N4. The minimum Gasteiger partial charge on any atom is -0.265 e. The van der Waals surface area contributed by atoms with E-state index in [2.05, 4.69) is 22.0 Å². The van der Waals surface area contributed by atoms with Crippen LogP contribution in [0.15, 0.2) is 53.5 Å². The molecule has 0 N–H and O–H groups in total. The van der Waals surface area contributed by atoms with Gasteiger partial charge in [-0.3, -0.25) is 4.99 Å². The zero-order valence-electron chi connectivity index (χ0n) is 9.11. The largest absolute Gasteiger partial charge is 0.265 e. The Hall–Kier alpha value is -2.49. The lowest BCUT2D eigenvalue weighted by Gasteiger charge is -2.01. The van der Waals surface area contributed by atoms with Gasteiger partial charge >= 0.3 is 0 Å². The van der Waals surface area contributed by atoms with Crippen molar-refractivity contribution in [1.82, 2.24) is 15.0 Å². The molecule has 0 saturated heterocycles. The Bertz CT molecular complexity index is 667. The van der Waals surface area contributed by atoms with E-state index in [0.29, 0.717) is 0 Å². The van der Waals surface area contributed by atoms with E-state index in [1.807, 2.05) is 53.2 Å². The molecule has 3 aromatic rings. The van der Waals surface area contributed by atoms with Crippen molar-refractivity contribution in [3.8, 4) is 5.69 Å². The van der Waals surface area contributed by atoms with Crippen molar-refractivity contribution in [3.63, 3.8) is 0 Å². The van der Waals surface area contributed by atoms with Gasteiger partial charge in [-0.05, 0) is 43.1 Å². The van der Waals surface area contributed by atoms with E-state index >= 15 is 0 Å². The van der Waals surface area contributed by atoms with Crippen molar-refractivity contribution < 1.29 is 0 Å². The molecule has 0 saturated carbocycles. The fraction of sp³-hybridized carbons (Fsp3) is 0. The maximum Gasteiger partial charge on any atom is 0.113 e. The van der Waals surface area contributed by atoms with Gasteiger partial charge in [0.2, 0.25) is 0 Å². The van der Waals surface area contributed by atoms with Gasteiger partial charge in [-0.15, -0.1) is 5.10 Å². The minimum absolute atomic E-state index is 0.846. The van der Waals surface area contributed by atoms with E-state index in [1.165, 1.54) is 0 Å². The van der Waals surface area contributed by atoms with Crippen LogP contribution in [0.2, 0.25) is 0 Å². The molecule has 0 unspecified atom stereocenters. The third-order valence-electron chi connectivity index (χ3n) is 2.63. The molecule has 0 aliphatic carbocycles. The molecule has 0 fully saturated rings. The summed E-state index contributed by atoms with van der Waals surface area (Å²) in [6, 6.07) is 15.6. The van der Waals surface area contributed by atoms with Gasteiger partial charge in [0.05, 0.1) is 16.9 Å².